The highest BCUT2D eigenvalue weighted by Crippen LogP contribution is 2.28. The summed E-state index contributed by atoms with van der Waals surface area (Å²) in [6, 6.07) is 7.42. The van der Waals surface area contributed by atoms with E-state index in [0.717, 1.165) is 68.5 Å². The SMILES string of the molecule is CCOc1ccc(C(=O)N2CCC(c3nnc4n3CCNC4)CC2)cc1. The summed E-state index contributed by atoms with van der Waals surface area (Å²) in [5.74, 6) is 3.40. The number of rotatable bonds is 4. The molecule has 0 spiro atoms. The molecule has 1 aromatic heterocycles. The molecule has 2 aliphatic rings. The second-order valence-corrected chi connectivity index (χ2v) is 6.83. The van der Waals surface area contributed by atoms with Gasteiger partial charge in [-0.25, -0.2) is 0 Å². The fraction of sp³-hybridized carbons (Fsp3) is 0.526. The van der Waals surface area contributed by atoms with Crippen LogP contribution in [0.2, 0.25) is 0 Å². The van der Waals surface area contributed by atoms with Crippen molar-refractivity contribution in [3.63, 3.8) is 0 Å². The number of hydrogen-bond acceptors (Lipinski definition) is 5. The standard InChI is InChI=1S/C19H25N5O2/c1-2-26-16-5-3-15(4-6-16)19(25)23-10-7-14(8-11-23)18-22-21-17-13-20-9-12-24(17)18/h3-6,14,20H,2,7-13H2,1H3. The topological polar surface area (TPSA) is 72.3 Å². The summed E-state index contributed by atoms with van der Waals surface area (Å²) in [6.45, 7) is 6.79. The molecule has 1 aromatic carbocycles. The summed E-state index contributed by atoms with van der Waals surface area (Å²) in [4.78, 5) is 14.7. The second-order valence-electron chi connectivity index (χ2n) is 6.83. The molecule has 0 saturated carbocycles. The lowest BCUT2D eigenvalue weighted by molar-refractivity contribution is 0.0710. The Kier molecular flexibility index (Phi) is 4.88. The minimum absolute atomic E-state index is 0.0963. The molecule has 1 amide bonds. The summed E-state index contributed by atoms with van der Waals surface area (Å²) in [5, 5.41) is 12.1. The molecule has 0 radical (unpaired) electrons. The van der Waals surface area contributed by atoms with Gasteiger partial charge in [0.15, 0.2) is 0 Å². The number of likely N-dealkylation sites (tertiary alicyclic amines) is 1. The summed E-state index contributed by atoms with van der Waals surface area (Å²) in [7, 11) is 0. The van der Waals surface area contributed by atoms with Gasteiger partial charge in [-0.2, -0.15) is 0 Å². The lowest BCUT2D eigenvalue weighted by atomic mass is 9.95. The maximum Gasteiger partial charge on any atom is 0.253 e. The van der Waals surface area contributed by atoms with E-state index in [0.29, 0.717) is 12.5 Å². The molecule has 138 valence electrons. The van der Waals surface area contributed by atoms with Gasteiger partial charge < -0.3 is 19.5 Å². The molecule has 7 heteroatoms. The molecule has 1 fully saturated rings. The van der Waals surface area contributed by atoms with Gasteiger partial charge in [0.25, 0.3) is 5.91 Å². The fourth-order valence-electron chi connectivity index (χ4n) is 3.80. The Morgan fingerprint density at radius 2 is 1.96 bits per heavy atom. The number of carbonyl (C=O) groups excluding carboxylic acids is 1. The van der Waals surface area contributed by atoms with E-state index in [9.17, 15) is 4.79 Å². The van der Waals surface area contributed by atoms with E-state index >= 15 is 0 Å². The summed E-state index contributed by atoms with van der Waals surface area (Å²) >= 11 is 0. The first-order valence-corrected chi connectivity index (χ1v) is 9.41. The van der Waals surface area contributed by atoms with Gasteiger partial charge in [-0.3, -0.25) is 4.79 Å². The Hall–Kier alpha value is -2.41. The highest BCUT2D eigenvalue weighted by molar-refractivity contribution is 5.94. The van der Waals surface area contributed by atoms with Crippen LogP contribution < -0.4 is 10.1 Å². The van der Waals surface area contributed by atoms with Gasteiger partial charge in [0.1, 0.15) is 17.4 Å². The largest absolute Gasteiger partial charge is 0.494 e. The van der Waals surface area contributed by atoms with E-state index in [2.05, 4.69) is 20.1 Å². The molecule has 4 rings (SSSR count). The fourth-order valence-corrected chi connectivity index (χ4v) is 3.80. The third-order valence-corrected chi connectivity index (χ3v) is 5.21. The molecule has 0 aliphatic carbocycles. The first-order valence-electron chi connectivity index (χ1n) is 9.41. The number of nitrogens with one attached hydrogen (secondary N) is 1. The van der Waals surface area contributed by atoms with Crippen LogP contribution in [0.15, 0.2) is 24.3 Å². The molecule has 0 unspecified atom stereocenters. The van der Waals surface area contributed by atoms with Gasteiger partial charge in [-0.05, 0) is 44.0 Å². The Labute approximate surface area is 153 Å². The lowest BCUT2D eigenvalue weighted by Crippen LogP contribution is -2.38. The third-order valence-electron chi connectivity index (χ3n) is 5.21. The van der Waals surface area contributed by atoms with Crippen molar-refractivity contribution in [3.8, 4) is 5.75 Å². The van der Waals surface area contributed by atoms with Crippen LogP contribution >= 0.6 is 0 Å². The molecule has 1 N–H and O–H groups in total. The molecule has 0 atom stereocenters. The number of fused-ring (bicyclic) bond motifs is 1. The van der Waals surface area contributed by atoms with Gasteiger partial charge in [0, 0.05) is 37.7 Å². The van der Waals surface area contributed by atoms with E-state index in [1.807, 2.05) is 36.1 Å². The normalized spacial score (nSPS) is 17.8. The lowest BCUT2D eigenvalue weighted by Gasteiger charge is -2.32. The highest BCUT2D eigenvalue weighted by Gasteiger charge is 2.29. The zero-order chi connectivity index (χ0) is 17.9. The van der Waals surface area contributed by atoms with Gasteiger partial charge >= 0.3 is 0 Å². The number of ether oxygens (including phenoxy) is 1. The summed E-state index contributed by atoms with van der Waals surface area (Å²) in [5.41, 5.74) is 0.720. The van der Waals surface area contributed by atoms with Crippen LogP contribution in [0.4, 0.5) is 0 Å². The van der Waals surface area contributed by atoms with Crippen LogP contribution in [0.25, 0.3) is 0 Å². The van der Waals surface area contributed by atoms with Crippen molar-refractivity contribution in [3.05, 3.63) is 41.5 Å². The van der Waals surface area contributed by atoms with Crippen LogP contribution in [0.1, 0.15) is 47.7 Å². The van der Waals surface area contributed by atoms with Crippen LogP contribution in [-0.2, 0) is 13.1 Å². The summed E-state index contributed by atoms with van der Waals surface area (Å²) in [6.07, 6.45) is 1.88. The smallest absolute Gasteiger partial charge is 0.253 e. The molecular formula is C19H25N5O2. The number of carbonyl (C=O) groups is 1. The minimum atomic E-state index is 0.0963. The van der Waals surface area contributed by atoms with E-state index in [1.165, 1.54) is 0 Å². The van der Waals surface area contributed by atoms with Gasteiger partial charge in [-0.15, -0.1) is 10.2 Å². The predicted octanol–water partition coefficient (Wildman–Crippen LogP) is 1.80. The number of hydrogen-bond donors (Lipinski definition) is 1. The van der Waals surface area contributed by atoms with Crippen molar-refractivity contribution >= 4 is 5.91 Å². The Bertz CT molecular complexity index is 763. The maximum atomic E-state index is 12.7. The molecule has 3 heterocycles. The molecule has 1 saturated heterocycles. The Morgan fingerprint density at radius 1 is 1.19 bits per heavy atom. The monoisotopic (exact) mass is 355 g/mol. The first-order chi connectivity index (χ1) is 12.8. The number of aromatic nitrogens is 3. The molecule has 7 nitrogen and oxygen atoms in total. The van der Waals surface area contributed by atoms with Crippen molar-refractivity contribution in [2.24, 2.45) is 0 Å². The van der Waals surface area contributed by atoms with Crippen molar-refractivity contribution in [2.75, 3.05) is 26.2 Å². The van der Waals surface area contributed by atoms with Crippen LogP contribution in [0.3, 0.4) is 0 Å². The predicted molar refractivity (Wildman–Crippen MR) is 97.2 cm³/mol. The molecule has 2 aromatic rings. The van der Waals surface area contributed by atoms with Crippen molar-refractivity contribution in [1.29, 1.82) is 0 Å². The zero-order valence-electron chi connectivity index (χ0n) is 15.1. The van der Waals surface area contributed by atoms with E-state index in [4.69, 9.17) is 4.74 Å². The van der Waals surface area contributed by atoms with E-state index in [-0.39, 0.29) is 5.91 Å². The Morgan fingerprint density at radius 3 is 2.69 bits per heavy atom. The van der Waals surface area contributed by atoms with Crippen LogP contribution in [0, 0.1) is 0 Å². The molecule has 2 aliphatic heterocycles. The van der Waals surface area contributed by atoms with Crippen molar-refractivity contribution < 1.29 is 9.53 Å². The van der Waals surface area contributed by atoms with Crippen molar-refractivity contribution in [1.82, 2.24) is 25.0 Å². The molecular weight excluding hydrogens is 330 g/mol. The quantitative estimate of drug-likeness (QED) is 0.905. The van der Waals surface area contributed by atoms with Crippen molar-refractivity contribution in [2.45, 2.75) is 38.8 Å². The number of benzene rings is 1. The number of nitrogens with zero attached hydrogens (tertiary/aromatic N) is 4. The molecule has 26 heavy (non-hydrogen) atoms. The van der Waals surface area contributed by atoms with E-state index in [1.54, 1.807) is 0 Å². The van der Waals surface area contributed by atoms with Gasteiger partial charge in [0.2, 0.25) is 0 Å². The highest BCUT2D eigenvalue weighted by atomic mass is 16.5. The first kappa shape index (κ1) is 17.0. The van der Waals surface area contributed by atoms with Crippen LogP contribution in [0.5, 0.6) is 5.75 Å². The summed E-state index contributed by atoms with van der Waals surface area (Å²) < 4.78 is 7.70. The third kappa shape index (κ3) is 3.31. The average Bonchev–Trinajstić information content (AvgIpc) is 3.13. The Balaban J connectivity index is 1.38. The van der Waals surface area contributed by atoms with Gasteiger partial charge in [0.05, 0.1) is 13.2 Å². The number of piperidine rings is 1. The minimum Gasteiger partial charge on any atom is -0.494 e. The zero-order valence-corrected chi connectivity index (χ0v) is 15.1. The average molecular weight is 355 g/mol. The van der Waals surface area contributed by atoms with Gasteiger partial charge in [-0.1, -0.05) is 0 Å². The second kappa shape index (κ2) is 7.45. The molecule has 0 bridgehead atoms. The van der Waals surface area contributed by atoms with E-state index < -0.39 is 0 Å². The maximum absolute atomic E-state index is 12.7. The van der Waals surface area contributed by atoms with Crippen LogP contribution in [-0.4, -0.2) is 51.8 Å². The number of amides is 1.